The molecule has 0 bridgehead atoms. The second-order valence-corrected chi connectivity index (χ2v) is 19.7. The van der Waals surface area contributed by atoms with Crippen LogP contribution in [-0.2, 0) is 54.5 Å². The molecule has 5 aliphatic rings. The number of rotatable bonds is 12. The molecule has 3 saturated heterocycles. The highest BCUT2D eigenvalue weighted by molar-refractivity contribution is 5.85. The van der Waals surface area contributed by atoms with Crippen molar-refractivity contribution in [3.63, 3.8) is 0 Å². The molecule has 2 aromatic carbocycles. The first-order chi connectivity index (χ1) is 32.7. The van der Waals surface area contributed by atoms with E-state index in [9.17, 15) is 19.2 Å². The molecule has 4 aromatic rings. The van der Waals surface area contributed by atoms with E-state index in [4.69, 9.17) is 33.7 Å². The smallest absolute Gasteiger partial charge is 0.407 e. The summed E-state index contributed by atoms with van der Waals surface area (Å²) >= 11 is 0. The van der Waals surface area contributed by atoms with E-state index in [1.807, 2.05) is 4.90 Å². The summed E-state index contributed by atoms with van der Waals surface area (Å²) in [6.45, 7) is 10.6. The minimum absolute atomic E-state index is 0.0770. The number of hydrogen-bond acceptors (Lipinski definition) is 11. The van der Waals surface area contributed by atoms with Gasteiger partial charge in [-0.3, -0.25) is 9.59 Å². The molecule has 1 aliphatic carbocycles. The lowest BCUT2D eigenvalue weighted by Gasteiger charge is -2.47. The Kier molecular flexibility index (Phi) is 13.3. The Balaban J connectivity index is 0.949. The molecule has 4 N–H and O–H groups in total. The zero-order chi connectivity index (χ0) is 47.9. The molecule has 4 amide bonds. The highest BCUT2D eigenvalue weighted by Crippen LogP contribution is 2.48. The molecule has 2 aromatic heterocycles. The number of carbonyl (C=O) groups is 4. The number of nitrogens with one attached hydrogen (secondary N) is 4. The summed E-state index contributed by atoms with van der Waals surface area (Å²) in [4.78, 5) is 72.7. The fraction of sp³-hybridized carbons (Fsp3) is 0.569. The summed E-state index contributed by atoms with van der Waals surface area (Å²) in [5.74, 6) is 1.71. The maximum atomic E-state index is 14.0. The van der Waals surface area contributed by atoms with Crippen molar-refractivity contribution in [3.8, 4) is 39.4 Å². The number of methoxy groups -OCH3 is 2. The van der Waals surface area contributed by atoms with E-state index in [0.717, 1.165) is 121 Å². The van der Waals surface area contributed by atoms with Gasteiger partial charge in [-0.25, -0.2) is 19.6 Å². The number of H-pyrrole nitrogens is 2. The van der Waals surface area contributed by atoms with Gasteiger partial charge < -0.3 is 54.1 Å². The molecule has 0 spiro atoms. The van der Waals surface area contributed by atoms with Crippen molar-refractivity contribution in [1.82, 2.24) is 40.4 Å². The number of aryl methyl sites for hydroxylation is 2. The third-order valence-electron chi connectivity index (χ3n) is 15.1. The summed E-state index contributed by atoms with van der Waals surface area (Å²) in [7, 11) is 2.56. The van der Waals surface area contributed by atoms with Gasteiger partial charge >= 0.3 is 12.2 Å². The van der Waals surface area contributed by atoms with Crippen molar-refractivity contribution in [2.75, 3.05) is 27.3 Å². The minimum Gasteiger partial charge on any atom is -0.488 e. The Hall–Kier alpha value is -5.94. The number of likely N-dealkylation sites (tertiary alicyclic amines) is 1. The average molecular weight is 935 g/mol. The summed E-state index contributed by atoms with van der Waals surface area (Å²) in [6.07, 6.45) is 9.99. The highest BCUT2D eigenvalue weighted by atomic mass is 16.5. The van der Waals surface area contributed by atoms with Crippen LogP contribution in [0.15, 0.2) is 36.5 Å². The number of fused-ring (bicyclic) bond motifs is 6. The van der Waals surface area contributed by atoms with Gasteiger partial charge in [0.2, 0.25) is 11.8 Å². The van der Waals surface area contributed by atoms with Crippen LogP contribution >= 0.6 is 0 Å². The molecule has 0 radical (unpaired) electrons. The third kappa shape index (κ3) is 9.18. The molecule has 17 nitrogen and oxygen atoms in total. The molecule has 2 unspecified atom stereocenters. The van der Waals surface area contributed by atoms with Crippen molar-refractivity contribution >= 4 is 24.0 Å². The van der Waals surface area contributed by atoms with Crippen molar-refractivity contribution in [2.24, 2.45) is 0 Å². The predicted octanol–water partition coefficient (Wildman–Crippen LogP) is 7.67. The van der Waals surface area contributed by atoms with Crippen LogP contribution in [0.3, 0.4) is 0 Å². The number of alkyl carbamates (subject to hydrolysis) is 2. The minimum atomic E-state index is -0.667. The van der Waals surface area contributed by atoms with Crippen LogP contribution in [0, 0.1) is 0 Å². The van der Waals surface area contributed by atoms with E-state index in [1.165, 1.54) is 19.8 Å². The van der Waals surface area contributed by atoms with Gasteiger partial charge in [0, 0.05) is 11.1 Å². The molecule has 17 heteroatoms. The van der Waals surface area contributed by atoms with Crippen LogP contribution in [0.4, 0.5) is 9.59 Å². The first-order valence-corrected chi connectivity index (χ1v) is 24.4. The number of benzene rings is 2. The molecule has 9 rings (SSSR count). The van der Waals surface area contributed by atoms with Gasteiger partial charge in [-0.05, 0) is 139 Å². The van der Waals surface area contributed by atoms with Gasteiger partial charge in [-0.15, -0.1) is 0 Å². The number of aromatic nitrogens is 4. The summed E-state index contributed by atoms with van der Waals surface area (Å²) < 4.78 is 29.2. The van der Waals surface area contributed by atoms with Crippen molar-refractivity contribution in [1.29, 1.82) is 0 Å². The molecular weight excluding hydrogens is 869 g/mol. The molecule has 68 heavy (non-hydrogen) atoms. The van der Waals surface area contributed by atoms with Crippen LogP contribution in [0.25, 0.3) is 33.6 Å². The summed E-state index contributed by atoms with van der Waals surface area (Å²) in [5.41, 5.74) is 8.00. The SMILES string of the molecule is CC[C@@H](N(Cc1ncc(-c2ccc3c(c2)COc2cc4c(cc2-3)CCc2nc(C3CC[C@H]([C@@]5(C)CCC[C@@H](C)O5)N3C(=O)CNC(=O)OC)[nH]c2-4)[nH]1)C(=O)CNC(=O)OC)C1(C)CCC[C@@H](C)O1. The molecule has 3 fully saturated rings. The number of nitrogens with zero attached hydrogens (tertiary/aromatic N) is 4. The van der Waals surface area contributed by atoms with Gasteiger partial charge in [0.05, 0.1) is 85.6 Å². The van der Waals surface area contributed by atoms with E-state index in [2.05, 4.69) is 85.6 Å². The highest BCUT2D eigenvalue weighted by Gasteiger charge is 2.50. The Morgan fingerprint density at radius 2 is 1.63 bits per heavy atom. The monoisotopic (exact) mass is 934 g/mol. The molecule has 7 atom stereocenters. The van der Waals surface area contributed by atoms with Crippen LogP contribution in [0.1, 0.15) is 127 Å². The van der Waals surface area contributed by atoms with E-state index in [-0.39, 0.29) is 61.8 Å². The van der Waals surface area contributed by atoms with Gasteiger partial charge in [-0.1, -0.05) is 19.1 Å². The summed E-state index contributed by atoms with van der Waals surface area (Å²) in [5, 5.41) is 5.16. The maximum Gasteiger partial charge on any atom is 0.407 e. The number of imidazole rings is 2. The van der Waals surface area contributed by atoms with E-state index in [0.29, 0.717) is 18.9 Å². The topological polar surface area (TPSA) is 202 Å². The molecule has 364 valence electrons. The maximum absolute atomic E-state index is 14.0. The number of hydrogen-bond donors (Lipinski definition) is 4. The predicted molar refractivity (Wildman–Crippen MR) is 252 cm³/mol. The van der Waals surface area contributed by atoms with Crippen molar-refractivity contribution in [2.45, 2.75) is 160 Å². The van der Waals surface area contributed by atoms with E-state index < -0.39 is 23.4 Å². The lowest BCUT2D eigenvalue weighted by molar-refractivity contribution is -0.166. The first-order valence-electron chi connectivity index (χ1n) is 24.4. The van der Waals surface area contributed by atoms with Gasteiger partial charge in [0.1, 0.15) is 37.1 Å². The zero-order valence-corrected chi connectivity index (χ0v) is 40.4. The van der Waals surface area contributed by atoms with Gasteiger partial charge in [-0.2, -0.15) is 0 Å². The van der Waals surface area contributed by atoms with Crippen LogP contribution in [0.2, 0.25) is 0 Å². The van der Waals surface area contributed by atoms with Crippen LogP contribution < -0.4 is 15.4 Å². The number of ether oxygens (including phenoxy) is 5. The van der Waals surface area contributed by atoms with Gasteiger partial charge in [0.25, 0.3) is 0 Å². The van der Waals surface area contributed by atoms with Crippen LogP contribution in [-0.4, -0.2) is 117 Å². The van der Waals surface area contributed by atoms with Crippen LogP contribution in [0.5, 0.6) is 5.75 Å². The second kappa shape index (κ2) is 19.2. The molecule has 6 heterocycles. The molecule has 4 aliphatic heterocycles. The molecular formula is C51H66N8O9. The standard InChI is InChI=1S/C51H66N8O9/c1-8-41(50(4)19-9-11-29(2)67-50)58(44(60)25-53-48(62)64-6)27-43-52-24-38(55-43)32-13-15-34-33(21-32)28-66-40-23-35-31(22-36(34)40)14-16-37-46(35)57-47(56-37)39-17-18-42(51(5)20-10-12-30(3)68-51)59(39)45(61)26-54-49(63)65-7/h13,15,21-24,29-30,39,41-42H,8-12,14,16-20,25-28H2,1-7H3,(H,52,55)(H,53,62)(H,54,63)(H,56,57)/t29-,30-,39?,41-,42-,50?,51-/m1/s1. The lowest BCUT2D eigenvalue weighted by Crippen LogP contribution is -2.57. The number of aromatic amines is 2. The lowest BCUT2D eigenvalue weighted by atomic mass is 9.84. The Bertz CT molecular complexity index is 2560. The number of amides is 4. The van der Waals surface area contributed by atoms with Crippen molar-refractivity contribution < 1.29 is 42.9 Å². The molecule has 0 saturated carbocycles. The fourth-order valence-electron chi connectivity index (χ4n) is 11.8. The quantitative estimate of drug-likeness (QED) is 0.109. The summed E-state index contributed by atoms with van der Waals surface area (Å²) in [6, 6.07) is 9.98. The number of carbonyl (C=O) groups excluding carboxylic acids is 4. The zero-order valence-electron chi connectivity index (χ0n) is 40.4. The Morgan fingerprint density at radius 1 is 0.882 bits per heavy atom. The van der Waals surface area contributed by atoms with E-state index >= 15 is 0 Å². The fourth-order valence-corrected chi connectivity index (χ4v) is 11.8. The van der Waals surface area contributed by atoms with Crippen molar-refractivity contribution in [3.05, 3.63) is 65.0 Å². The Labute approximate surface area is 397 Å². The van der Waals surface area contributed by atoms with Gasteiger partial charge in [0.15, 0.2) is 0 Å². The second-order valence-electron chi connectivity index (χ2n) is 19.7. The normalized spacial score (nSPS) is 25.4. The first kappa shape index (κ1) is 47.1. The largest absolute Gasteiger partial charge is 0.488 e. The van der Waals surface area contributed by atoms with E-state index in [1.54, 1.807) is 11.1 Å². The Morgan fingerprint density at radius 3 is 2.37 bits per heavy atom. The average Bonchev–Trinajstić information content (AvgIpc) is 4.11. The third-order valence-corrected chi connectivity index (χ3v) is 15.1.